The van der Waals surface area contributed by atoms with Crippen molar-refractivity contribution < 1.29 is 0 Å². The van der Waals surface area contributed by atoms with Gasteiger partial charge < -0.3 is 4.90 Å². The average molecular weight is 519 g/mol. The number of hydrogen-bond acceptors (Lipinski definition) is 4. The Morgan fingerprint density at radius 3 is 2.08 bits per heavy atom. The molecule has 0 fully saturated rings. The van der Waals surface area contributed by atoms with E-state index in [0.29, 0.717) is 0 Å². The van der Waals surface area contributed by atoms with Gasteiger partial charge in [-0.3, -0.25) is 9.67 Å². The van der Waals surface area contributed by atoms with Gasteiger partial charge in [0.2, 0.25) is 0 Å². The molecule has 6 heteroatoms. The van der Waals surface area contributed by atoms with E-state index >= 15 is 0 Å². The number of anilines is 1. The fourth-order valence-corrected chi connectivity index (χ4v) is 6.10. The molecule has 0 N–H and O–H groups in total. The van der Waals surface area contributed by atoms with Crippen molar-refractivity contribution in [3.63, 3.8) is 0 Å². The fraction of sp³-hybridized carbons (Fsp3) is 0.290. The van der Waals surface area contributed by atoms with Crippen LogP contribution in [0.4, 0.5) is 5.69 Å². The summed E-state index contributed by atoms with van der Waals surface area (Å²) in [4.78, 5) is 7.84. The molecule has 37 heavy (non-hydrogen) atoms. The zero-order valence-corrected chi connectivity index (χ0v) is 21.9. The van der Waals surface area contributed by atoms with E-state index in [1.807, 2.05) is 11.8 Å². The Balaban J connectivity index is 0.00000320. The number of rotatable bonds is 10. The molecule has 186 valence electrons. The summed E-state index contributed by atoms with van der Waals surface area (Å²) in [6.07, 6.45) is 3.52. The number of benzene rings is 3. The third-order valence-corrected chi connectivity index (χ3v) is 7.80. The van der Waals surface area contributed by atoms with Crippen LogP contribution < -0.4 is 4.90 Å². The van der Waals surface area contributed by atoms with Crippen molar-refractivity contribution in [2.24, 2.45) is 4.99 Å². The van der Waals surface area contributed by atoms with Gasteiger partial charge >= 0.3 is 29.6 Å². The van der Waals surface area contributed by atoms with E-state index in [9.17, 15) is 0 Å². The number of nitrogens with zero attached hydrogens (tertiary/aromatic N) is 4. The molecule has 0 amide bonds. The zero-order chi connectivity index (χ0) is 24.7. The van der Waals surface area contributed by atoms with Gasteiger partial charge in [0.05, 0.1) is 17.4 Å². The Bertz CT molecular complexity index is 1270. The zero-order valence-electron chi connectivity index (χ0n) is 21.1. The number of unbranched alkanes of at least 4 members (excludes halogenated alkanes) is 2. The monoisotopic (exact) mass is 518 g/mol. The van der Waals surface area contributed by atoms with E-state index in [4.69, 9.17) is 4.99 Å². The first kappa shape index (κ1) is 27.7. The molecule has 4 nitrogen and oxygen atoms in total. The molecule has 0 saturated carbocycles. The number of thioether (sulfide) groups is 1. The number of aryl methyl sites for hydroxylation is 3. The van der Waals surface area contributed by atoms with E-state index in [-0.39, 0.29) is 41.1 Å². The molecule has 0 aliphatic carbocycles. The fourth-order valence-electron chi connectivity index (χ4n) is 4.93. The van der Waals surface area contributed by atoms with Crippen LogP contribution in [0.3, 0.4) is 0 Å². The number of para-hydroxylation sites is 1. The normalized spacial score (nSPS) is 16.9. The van der Waals surface area contributed by atoms with Crippen LogP contribution in [0.1, 0.15) is 47.8 Å². The van der Waals surface area contributed by atoms with Gasteiger partial charge in [-0.25, -0.2) is 0 Å². The molecular weight excluding hydrogens is 483 g/mol. The van der Waals surface area contributed by atoms with E-state index in [0.717, 1.165) is 30.1 Å². The summed E-state index contributed by atoms with van der Waals surface area (Å²) in [6.45, 7) is 5.20. The first-order chi connectivity index (χ1) is 17.7. The summed E-state index contributed by atoms with van der Waals surface area (Å²) >= 11 is 1.95. The standard InChI is InChI=1S/C31H34N4S.Na.H/c1-24-23-25(2)34(33-24)21-13-6-14-22-36-31-32-29(26-15-7-3-8-16-26)30(27-17-9-4-10-18-27)35(31)28-19-11-5-12-20-28;;/h3-5,7-12,15-20,23,30-31H,6,13-14,21-22H2,1-2H3;;. The summed E-state index contributed by atoms with van der Waals surface area (Å²) in [7, 11) is 0. The van der Waals surface area contributed by atoms with Crippen LogP contribution in [0.25, 0.3) is 0 Å². The summed E-state index contributed by atoms with van der Waals surface area (Å²) in [6, 6.07) is 34.4. The van der Waals surface area contributed by atoms with Crippen LogP contribution in [0.5, 0.6) is 0 Å². The van der Waals surface area contributed by atoms with E-state index in [2.05, 4.69) is 126 Å². The second-order valence-electron chi connectivity index (χ2n) is 9.34. The molecule has 2 atom stereocenters. The second-order valence-corrected chi connectivity index (χ2v) is 10.5. The van der Waals surface area contributed by atoms with Crippen molar-refractivity contribution in [2.75, 3.05) is 10.7 Å². The quantitative estimate of drug-likeness (QED) is 0.171. The van der Waals surface area contributed by atoms with Crippen LogP contribution >= 0.6 is 11.8 Å². The predicted molar refractivity (Wildman–Crippen MR) is 160 cm³/mol. The van der Waals surface area contributed by atoms with Gasteiger partial charge in [-0.15, -0.1) is 11.8 Å². The minimum atomic E-state index is 0. The third kappa shape index (κ3) is 6.77. The summed E-state index contributed by atoms with van der Waals surface area (Å²) in [5, 5.41) is 4.60. The van der Waals surface area contributed by atoms with Gasteiger partial charge in [0.15, 0.2) is 5.50 Å². The molecule has 0 saturated heterocycles. The molecule has 0 bridgehead atoms. The summed E-state index contributed by atoms with van der Waals surface area (Å²) < 4.78 is 2.14. The van der Waals surface area contributed by atoms with Gasteiger partial charge in [-0.05, 0) is 61.8 Å². The van der Waals surface area contributed by atoms with E-state index in [1.165, 1.54) is 35.3 Å². The molecule has 3 aromatic carbocycles. The third-order valence-electron chi connectivity index (χ3n) is 6.65. The molecule has 2 unspecified atom stereocenters. The molecule has 1 aliphatic rings. The van der Waals surface area contributed by atoms with Crippen molar-refractivity contribution in [3.05, 3.63) is 120 Å². The van der Waals surface area contributed by atoms with E-state index < -0.39 is 0 Å². The predicted octanol–water partition coefficient (Wildman–Crippen LogP) is 6.79. The van der Waals surface area contributed by atoms with Crippen LogP contribution in [0.15, 0.2) is 102 Å². The first-order valence-corrected chi connectivity index (χ1v) is 13.9. The van der Waals surface area contributed by atoms with Gasteiger partial charge in [-0.2, -0.15) is 5.10 Å². The van der Waals surface area contributed by atoms with Crippen LogP contribution in [-0.2, 0) is 6.54 Å². The maximum atomic E-state index is 5.35. The minimum absolute atomic E-state index is 0. The molecule has 0 radical (unpaired) electrons. The van der Waals surface area contributed by atoms with Gasteiger partial charge in [0, 0.05) is 17.9 Å². The Morgan fingerprint density at radius 1 is 0.784 bits per heavy atom. The van der Waals surface area contributed by atoms with Crippen molar-refractivity contribution in [1.82, 2.24) is 9.78 Å². The average Bonchev–Trinajstić information content (AvgIpc) is 3.46. The van der Waals surface area contributed by atoms with Crippen LogP contribution in [0, 0.1) is 13.8 Å². The number of aromatic nitrogens is 2. The Morgan fingerprint density at radius 2 is 1.43 bits per heavy atom. The van der Waals surface area contributed by atoms with E-state index in [1.54, 1.807) is 0 Å². The van der Waals surface area contributed by atoms with Gasteiger partial charge in [0.1, 0.15) is 0 Å². The second kappa shape index (κ2) is 13.5. The first-order valence-electron chi connectivity index (χ1n) is 12.8. The molecule has 2 heterocycles. The molecule has 4 aromatic rings. The van der Waals surface area contributed by atoms with Crippen molar-refractivity contribution in [3.8, 4) is 0 Å². The topological polar surface area (TPSA) is 33.4 Å². The Kier molecular flexibility index (Phi) is 10.1. The number of aliphatic imine (C=N–C) groups is 1. The van der Waals surface area contributed by atoms with Crippen molar-refractivity contribution >= 4 is 52.7 Å². The summed E-state index contributed by atoms with van der Waals surface area (Å²) in [5.74, 6) is 1.08. The van der Waals surface area contributed by atoms with Gasteiger partial charge in [0.25, 0.3) is 0 Å². The maximum absolute atomic E-state index is 5.35. The van der Waals surface area contributed by atoms with Crippen molar-refractivity contribution in [2.45, 2.75) is 51.2 Å². The Hall–Kier alpha value is -2.31. The van der Waals surface area contributed by atoms with Crippen LogP contribution in [0.2, 0.25) is 0 Å². The molecule has 5 rings (SSSR count). The van der Waals surface area contributed by atoms with Crippen molar-refractivity contribution in [1.29, 1.82) is 0 Å². The Labute approximate surface area is 247 Å². The molecule has 1 aliphatic heterocycles. The molecule has 1 aromatic heterocycles. The number of hydrogen-bond donors (Lipinski definition) is 0. The SMILES string of the molecule is Cc1cc(C)n(CCCCCSC2N=C(c3ccccc3)C(c3ccccc3)N2c2ccccc2)n1.[NaH]. The summed E-state index contributed by atoms with van der Waals surface area (Å²) in [5.41, 5.74) is 7.23. The van der Waals surface area contributed by atoms with Crippen LogP contribution in [-0.4, -0.2) is 56.3 Å². The molecule has 0 spiro atoms. The molecular formula is C31H35N4NaS. The van der Waals surface area contributed by atoms with Gasteiger partial charge in [-0.1, -0.05) is 85.3 Å².